The Bertz CT molecular complexity index is 158. The number of aliphatic hydroxyl groups excluding tert-OH is 1. The molecule has 0 atom stereocenters. The van der Waals surface area contributed by atoms with Crippen molar-refractivity contribution in [1.29, 1.82) is 0 Å². The summed E-state index contributed by atoms with van der Waals surface area (Å²) in [6.07, 6.45) is 9.75. The molecule has 15 heavy (non-hydrogen) atoms. The second-order valence-corrected chi connectivity index (χ2v) is 5.73. The van der Waals surface area contributed by atoms with Gasteiger partial charge in [-0.15, -0.1) is 0 Å². The predicted octanol–water partition coefficient (Wildman–Crippen LogP) is 2.27. The molecule has 1 rings (SSSR count). The SMILES string of the molecule is CSCCCCNCC1(CO)CCCC1. The quantitative estimate of drug-likeness (QED) is 0.629. The van der Waals surface area contributed by atoms with Gasteiger partial charge in [0.1, 0.15) is 0 Å². The smallest absolute Gasteiger partial charge is 0.0499 e. The van der Waals surface area contributed by atoms with Crippen LogP contribution in [-0.2, 0) is 0 Å². The van der Waals surface area contributed by atoms with E-state index in [1.165, 1.54) is 44.3 Å². The van der Waals surface area contributed by atoms with E-state index in [1.54, 1.807) is 0 Å². The highest BCUT2D eigenvalue weighted by atomic mass is 32.2. The molecule has 0 aromatic heterocycles. The summed E-state index contributed by atoms with van der Waals surface area (Å²) in [6.45, 7) is 2.50. The second-order valence-electron chi connectivity index (χ2n) is 4.74. The third-order valence-electron chi connectivity index (χ3n) is 3.45. The monoisotopic (exact) mass is 231 g/mol. The molecule has 90 valence electrons. The molecular weight excluding hydrogens is 206 g/mol. The molecule has 0 heterocycles. The number of rotatable bonds is 8. The fourth-order valence-electron chi connectivity index (χ4n) is 2.37. The van der Waals surface area contributed by atoms with Crippen molar-refractivity contribution in [2.75, 3.05) is 31.7 Å². The molecular formula is C12H25NOS. The van der Waals surface area contributed by atoms with Crippen molar-refractivity contribution in [2.45, 2.75) is 38.5 Å². The summed E-state index contributed by atoms with van der Waals surface area (Å²) in [6, 6.07) is 0. The van der Waals surface area contributed by atoms with Crippen LogP contribution in [0.4, 0.5) is 0 Å². The third-order valence-corrected chi connectivity index (χ3v) is 4.15. The summed E-state index contributed by atoms with van der Waals surface area (Å²) in [5.74, 6) is 1.27. The lowest BCUT2D eigenvalue weighted by molar-refractivity contribution is 0.128. The Hall–Kier alpha value is 0.270. The lowest BCUT2D eigenvalue weighted by Crippen LogP contribution is -2.35. The minimum Gasteiger partial charge on any atom is -0.396 e. The molecule has 0 aliphatic heterocycles. The lowest BCUT2D eigenvalue weighted by Gasteiger charge is -2.26. The van der Waals surface area contributed by atoms with Gasteiger partial charge in [0.2, 0.25) is 0 Å². The van der Waals surface area contributed by atoms with Gasteiger partial charge in [-0.05, 0) is 44.2 Å². The van der Waals surface area contributed by atoms with Crippen molar-refractivity contribution in [3.63, 3.8) is 0 Å². The van der Waals surface area contributed by atoms with Crippen molar-refractivity contribution < 1.29 is 5.11 Å². The number of hydrogen-bond donors (Lipinski definition) is 2. The molecule has 0 amide bonds. The molecule has 1 saturated carbocycles. The van der Waals surface area contributed by atoms with Gasteiger partial charge in [-0.1, -0.05) is 12.8 Å². The first kappa shape index (κ1) is 13.3. The molecule has 3 heteroatoms. The minimum absolute atomic E-state index is 0.222. The number of unbranched alkanes of at least 4 members (excludes halogenated alkanes) is 1. The van der Waals surface area contributed by atoms with Crippen LogP contribution in [0.1, 0.15) is 38.5 Å². The summed E-state index contributed by atoms with van der Waals surface area (Å²) < 4.78 is 0. The van der Waals surface area contributed by atoms with Gasteiger partial charge in [0, 0.05) is 18.6 Å². The first-order valence-electron chi connectivity index (χ1n) is 6.13. The van der Waals surface area contributed by atoms with Crippen molar-refractivity contribution in [2.24, 2.45) is 5.41 Å². The van der Waals surface area contributed by atoms with Crippen molar-refractivity contribution in [3.05, 3.63) is 0 Å². The van der Waals surface area contributed by atoms with E-state index in [4.69, 9.17) is 0 Å². The van der Waals surface area contributed by atoms with Gasteiger partial charge < -0.3 is 10.4 Å². The molecule has 1 aliphatic carbocycles. The van der Waals surface area contributed by atoms with E-state index >= 15 is 0 Å². The maximum Gasteiger partial charge on any atom is 0.0499 e. The van der Waals surface area contributed by atoms with E-state index in [9.17, 15) is 5.11 Å². The molecule has 0 aromatic rings. The molecule has 2 N–H and O–H groups in total. The van der Waals surface area contributed by atoms with Crippen molar-refractivity contribution >= 4 is 11.8 Å². The maximum absolute atomic E-state index is 9.41. The number of aliphatic hydroxyl groups is 1. The van der Waals surface area contributed by atoms with Crippen LogP contribution in [0.3, 0.4) is 0 Å². The summed E-state index contributed by atoms with van der Waals surface area (Å²) in [5, 5.41) is 12.9. The van der Waals surface area contributed by atoms with E-state index in [1.807, 2.05) is 11.8 Å². The van der Waals surface area contributed by atoms with Crippen LogP contribution in [0.15, 0.2) is 0 Å². The average Bonchev–Trinajstić information content (AvgIpc) is 2.73. The fourth-order valence-corrected chi connectivity index (χ4v) is 2.86. The lowest BCUT2D eigenvalue weighted by atomic mass is 9.87. The van der Waals surface area contributed by atoms with Crippen LogP contribution >= 0.6 is 11.8 Å². The van der Waals surface area contributed by atoms with Gasteiger partial charge in [-0.3, -0.25) is 0 Å². The Balaban J connectivity index is 2.02. The largest absolute Gasteiger partial charge is 0.396 e. The second kappa shape index (κ2) is 7.53. The van der Waals surface area contributed by atoms with Crippen LogP contribution in [0, 0.1) is 5.41 Å². The zero-order valence-electron chi connectivity index (χ0n) is 9.93. The molecule has 0 unspecified atom stereocenters. The highest BCUT2D eigenvalue weighted by Crippen LogP contribution is 2.36. The topological polar surface area (TPSA) is 32.3 Å². The Morgan fingerprint density at radius 1 is 1.27 bits per heavy atom. The van der Waals surface area contributed by atoms with Gasteiger partial charge in [0.25, 0.3) is 0 Å². The zero-order chi connectivity index (χ0) is 11.0. The van der Waals surface area contributed by atoms with E-state index < -0.39 is 0 Å². The molecule has 1 aliphatic rings. The Morgan fingerprint density at radius 3 is 2.60 bits per heavy atom. The van der Waals surface area contributed by atoms with E-state index in [0.717, 1.165) is 13.1 Å². The first-order valence-corrected chi connectivity index (χ1v) is 7.53. The fraction of sp³-hybridized carbons (Fsp3) is 1.00. The molecule has 1 fully saturated rings. The normalized spacial score (nSPS) is 19.6. The molecule has 2 nitrogen and oxygen atoms in total. The highest BCUT2D eigenvalue weighted by Gasteiger charge is 2.32. The summed E-state index contributed by atoms with van der Waals surface area (Å²) in [7, 11) is 0. The first-order chi connectivity index (χ1) is 7.33. The van der Waals surface area contributed by atoms with Crippen molar-refractivity contribution in [1.82, 2.24) is 5.32 Å². The van der Waals surface area contributed by atoms with Crippen molar-refractivity contribution in [3.8, 4) is 0 Å². The van der Waals surface area contributed by atoms with E-state index in [2.05, 4.69) is 11.6 Å². The number of hydrogen-bond acceptors (Lipinski definition) is 3. The van der Waals surface area contributed by atoms with Gasteiger partial charge >= 0.3 is 0 Å². The highest BCUT2D eigenvalue weighted by molar-refractivity contribution is 7.98. The van der Waals surface area contributed by atoms with E-state index in [0.29, 0.717) is 6.61 Å². The minimum atomic E-state index is 0.222. The number of thioether (sulfide) groups is 1. The Kier molecular flexibility index (Phi) is 6.69. The molecule has 0 aromatic carbocycles. The van der Waals surface area contributed by atoms with Gasteiger partial charge in [0.15, 0.2) is 0 Å². The van der Waals surface area contributed by atoms with Gasteiger partial charge in [-0.2, -0.15) is 11.8 Å². The standard InChI is InChI=1S/C12H25NOS/c1-15-9-5-4-8-13-10-12(11-14)6-2-3-7-12/h13-14H,2-11H2,1H3. The Labute approximate surface area is 98.2 Å². The van der Waals surface area contributed by atoms with Gasteiger partial charge in [-0.25, -0.2) is 0 Å². The molecule has 0 saturated heterocycles. The summed E-state index contributed by atoms with van der Waals surface area (Å²) >= 11 is 1.92. The summed E-state index contributed by atoms with van der Waals surface area (Å²) in [4.78, 5) is 0. The molecule has 0 bridgehead atoms. The van der Waals surface area contributed by atoms with Crippen LogP contribution in [0.5, 0.6) is 0 Å². The molecule has 0 radical (unpaired) electrons. The maximum atomic E-state index is 9.41. The number of nitrogens with one attached hydrogen (secondary N) is 1. The van der Waals surface area contributed by atoms with Crippen LogP contribution in [0.2, 0.25) is 0 Å². The zero-order valence-corrected chi connectivity index (χ0v) is 10.7. The van der Waals surface area contributed by atoms with E-state index in [-0.39, 0.29) is 5.41 Å². The average molecular weight is 231 g/mol. The van der Waals surface area contributed by atoms with Crippen LogP contribution in [0.25, 0.3) is 0 Å². The van der Waals surface area contributed by atoms with Crippen LogP contribution < -0.4 is 5.32 Å². The van der Waals surface area contributed by atoms with Crippen LogP contribution in [-0.4, -0.2) is 36.8 Å². The van der Waals surface area contributed by atoms with Gasteiger partial charge in [0.05, 0.1) is 0 Å². The summed E-state index contributed by atoms with van der Waals surface area (Å²) in [5.41, 5.74) is 0.222. The Morgan fingerprint density at radius 2 is 2.00 bits per heavy atom. The predicted molar refractivity (Wildman–Crippen MR) is 68.5 cm³/mol. The third kappa shape index (κ3) is 4.75. The molecule has 0 spiro atoms.